The van der Waals surface area contributed by atoms with Gasteiger partial charge in [-0.15, -0.1) is 22.7 Å². The summed E-state index contributed by atoms with van der Waals surface area (Å²) in [5, 5.41) is 10.4. The predicted molar refractivity (Wildman–Crippen MR) is 139 cm³/mol. The van der Waals surface area contributed by atoms with E-state index in [1.54, 1.807) is 61.0 Å². The topological polar surface area (TPSA) is 92.2 Å². The number of rotatable bonds is 3. The van der Waals surface area contributed by atoms with Crippen molar-refractivity contribution in [3.8, 4) is 5.88 Å². The molecular weight excluding hydrogens is 635 g/mol. The van der Waals surface area contributed by atoms with E-state index < -0.39 is 9.84 Å². The van der Waals surface area contributed by atoms with Crippen LogP contribution in [0.3, 0.4) is 0 Å². The maximum absolute atomic E-state index is 12.4. The second-order valence-electron chi connectivity index (χ2n) is 6.24. The van der Waals surface area contributed by atoms with E-state index in [9.17, 15) is 8.42 Å². The monoisotopic (exact) mass is 650 g/mol. The largest absolute Gasteiger partial charge is 1.00 e. The SMILES string of the molecule is COc1cc2cc(Br)sc2cn1.C[O-].O=S(=O)(c1ccccc1)c1cc2cc(Br)sc2cn1.[Na+]. The van der Waals surface area contributed by atoms with Gasteiger partial charge in [-0.2, -0.15) is 7.11 Å². The van der Waals surface area contributed by atoms with Crippen LogP contribution in [-0.2, 0) is 9.84 Å². The van der Waals surface area contributed by atoms with Crippen molar-refractivity contribution in [2.24, 2.45) is 0 Å². The van der Waals surface area contributed by atoms with E-state index in [1.807, 2.05) is 18.3 Å². The first kappa shape index (κ1) is 29.3. The molecule has 4 aromatic heterocycles. The fourth-order valence-corrected chi connectivity index (χ4v) is 7.01. The standard InChI is InChI=1S/C13H8BrNO2S2.C8H6BrNOS.CH3O.Na/c14-12-6-9-7-13(15-8-11(9)18-12)19(16,17)10-4-2-1-3-5-10;1-11-8-3-5-2-7(9)12-6(5)4-10-8;1-2;/h1-8H;2-4H,1H3;1H3;/q;;-1;+1. The molecule has 0 N–H and O–H groups in total. The van der Waals surface area contributed by atoms with Crippen LogP contribution in [0.5, 0.6) is 5.88 Å². The van der Waals surface area contributed by atoms with Crippen LogP contribution in [0.1, 0.15) is 0 Å². The maximum Gasteiger partial charge on any atom is 1.00 e. The Morgan fingerprint density at radius 2 is 1.38 bits per heavy atom. The van der Waals surface area contributed by atoms with Crippen molar-refractivity contribution in [3.63, 3.8) is 0 Å². The van der Waals surface area contributed by atoms with Gasteiger partial charge in [0, 0.05) is 23.8 Å². The van der Waals surface area contributed by atoms with E-state index in [0.717, 1.165) is 24.8 Å². The van der Waals surface area contributed by atoms with Gasteiger partial charge in [0.25, 0.3) is 0 Å². The molecule has 0 saturated heterocycles. The molecule has 12 heteroatoms. The third-order valence-corrected chi connectivity index (χ3v) is 9.08. The van der Waals surface area contributed by atoms with Crippen molar-refractivity contribution in [2.75, 3.05) is 14.2 Å². The zero-order valence-corrected chi connectivity index (χ0v) is 26.0. The Kier molecular flexibility index (Phi) is 11.6. The van der Waals surface area contributed by atoms with Gasteiger partial charge in [-0.05, 0) is 67.6 Å². The number of hydrogen-bond donors (Lipinski definition) is 0. The van der Waals surface area contributed by atoms with Crippen LogP contribution in [0.4, 0.5) is 0 Å². The van der Waals surface area contributed by atoms with E-state index >= 15 is 0 Å². The predicted octanol–water partition coefficient (Wildman–Crippen LogP) is 2.94. The van der Waals surface area contributed by atoms with Crippen LogP contribution in [0, 0.1) is 0 Å². The van der Waals surface area contributed by atoms with Gasteiger partial charge in [-0.1, -0.05) is 18.2 Å². The van der Waals surface area contributed by atoms with Gasteiger partial charge < -0.3 is 9.84 Å². The van der Waals surface area contributed by atoms with Gasteiger partial charge >= 0.3 is 29.6 Å². The number of pyridine rings is 2. The number of nitrogens with zero attached hydrogens (tertiary/aromatic N) is 2. The summed E-state index contributed by atoms with van der Waals surface area (Å²) in [4.78, 5) is 8.44. The average Bonchev–Trinajstić information content (AvgIpc) is 3.40. The van der Waals surface area contributed by atoms with E-state index in [0.29, 0.717) is 5.88 Å². The molecule has 6 nitrogen and oxygen atoms in total. The van der Waals surface area contributed by atoms with E-state index in [2.05, 4.69) is 47.9 Å². The zero-order valence-electron chi connectivity index (χ0n) is 18.4. The molecule has 172 valence electrons. The van der Waals surface area contributed by atoms with Crippen molar-refractivity contribution in [1.82, 2.24) is 9.97 Å². The number of ether oxygens (including phenoxy) is 1. The van der Waals surface area contributed by atoms with Gasteiger partial charge in [0.05, 0.1) is 29.0 Å². The number of benzene rings is 1. The Balaban J connectivity index is 0.000000236. The number of fused-ring (bicyclic) bond motifs is 2. The van der Waals surface area contributed by atoms with Crippen molar-refractivity contribution in [2.45, 2.75) is 9.92 Å². The van der Waals surface area contributed by atoms with Crippen molar-refractivity contribution >= 4 is 84.5 Å². The molecule has 0 amide bonds. The third-order valence-electron chi connectivity index (χ3n) is 4.24. The molecule has 5 rings (SSSR count). The quantitative estimate of drug-likeness (QED) is 0.279. The molecule has 0 fully saturated rings. The minimum Gasteiger partial charge on any atom is -0.857 e. The summed E-state index contributed by atoms with van der Waals surface area (Å²) in [5.74, 6) is 0.660. The Morgan fingerprint density at radius 1 is 0.853 bits per heavy atom. The number of aromatic nitrogens is 2. The Morgan fingerprint density at radius 3 is 1.94 bits per heavy atom. The van der Waals surface area contributed by atoms with Crippen LogP contribution in [0.25, 0.3) is 20.2 Å². The molecule has 0 radical (unpaired) electrons. The summed E-state index contributed by atoms with van der Waals surface area (Å²) in [6, 6.07) is 15.8. The molecule has 0 aliphatic rings. The Hall–Kier alpha value is -0.890. The first-order chi connectivity index (χ1) is 15.9. The smallest absolute Gasteiger partial charge is 0.857 e. The molecular formula is C22H17Br2N2NaO4S3. The zero-order chi connectivity index (χ0) is 24.0. The van der Waals surface area contributed by atoms with Gasteiger partial charge in [0.2, 0.25) is 15.7 Å². The first-order valence-electron chi connectivity index (χ1n) is 9.22. The summed E-state index contributed by atoms with van der Waals surface area (Å²) in [7, 11) is -1.17. The fourth-order valence-electron chi connectivity index (χ4n) is 2.77. The van der Waals surface area contributed by atoms with E-state index in [1.165, 1.54) is 21.4 Å². The van der Waals surface area contributed by atoms with Gasteiger partial charge in [-0.25, -0.2) is 18.4 Å². The Labute approximate surface area is 244 Å². The number of sulfone groups is 1. The summed E-state index contributed by atoms with van der Waals surface area (Å²) in [6.07, 6.45) is 3.42. The van der Waals surface area contributed by atoms with Crippen LogP contribution in [0.2, 0.25) is 0 Å². The molecule has 0 aliphatic heterocycles. The van der Waals surface area contributed by atoms with Crippen molar-refractivity contribution in [3.05, 3.63) is 74.6 Å². The molecule has 1 aromatic carbocycles. The van der Waals surface area contributed by atoms with Crippen molar-refractivity contribution in [1.29, 1.82) is 0 Å². The minimum absolute atomic E-state index is 0. The normalized spacial score (nSPS) is 10.5. The second kappa shape index (κ2) is 13.4. The van der Waals surface area contributed by atoms with E-state index in [-0.39, 0.29) is 39.5 Å². The average molecular weight is 652 g/mol. The molecule has 0 aliphatic carbocycles. The molecule has 5 aromatic rings. The second-order valence-corrected chi connectivity index (χ2v) is 13.1. The summed E-state index contributed by atoms with van der Waals surface area (Å²) in [6.45, 7) is 0. The first-order valence-corrected chi connectivity index (χ1v) is 13.9. The van der Waals surface area contributed by atoms with Crippen LogP contribution in [0.15, 0.2) is 84.5 Å². The van der Waals surface area contributed by atoms with E-state index in [4.69, 9.17) is 9.84 Å². The Bertz CT molecular complexity index is 1480. The number of methoxy groups -OCH3 is 1. The molecule has 0 saturated carbocycles. The molecule has 0 atom stereocenters. The molecule has 4 heterocycles. The molecule has 34 heavy (non-hydrogen) atoms. The molecule has 0 bridgehead atoms. The maximum atomic E-state index is 12.4. The molecule has 0 spiro atoms. The van der Waals surface area contributed by atoms with Crippen LogP contribution >= 0.6 is 54.5 Å². The van der Waals surface area contributed by atoms with Crippen LogP contribution in [-0.4, -0.2) is 32.6 Å². The van der Waals surface area contributed by atoms with Gasteiger partial charge in [-0.3, -0.25) is 0 Å². The number of halogens is 2. The fraction of sp³-hybridized carbons (Fsp3) is 0.0909. The number of thiophene rings is 2. The van der Waals surface area contributed by atoms with Gasteiger partial charge in [0.15, 0.2) is 5.03 Å². The van der Waals surface area contributed by atoms with Crippen LogP contribution < -0.4 is 39.4 Å². The third kappa shape index (κ3) is 7.08. The summed E-state index contributed by atoms with van der Waals surface area (Å²) < 4.78 is 34.0. The van der Waals surface area contributed by atoms with Crippen molar-refractivity contribution < 1.29 is 47.8 Å². The minimum atomic E-state index is -3.54. The van der Waals surface area contributed by atoms with Gasteiger partial charge in [0.1, 0.15) is 0 Å². The molecule has 0 unspecified atom stereocenters. The summed E-state index contributed by atoms with van der Waals surface area (Å²) >= 11 is 10.0. The summed E-state index contributed by atoms with van der Waals surface area (Å²) in [5.41, 5.74) is 0. The number of hydrogen-bond acceptors (Lipinski definition) is 8.